The maximum Gasteiger partial charge on any atom is 0.297 e. The molecule has 0 unspecified atom stereocenters. The van der Waals surface area contributed by atoms with Crippen LogP contribution in [0.2, 0.25) is 0 Å². The summed E-state index contributed by atoms with van der Waals surface area (Å²) < 4.78 is 6.03. The van der Waals surface area contributed by atoms with E-state index >= 15 is 0 Å². The fourth-order valence-electron chi connectivity index (χ4n) is 5.05. The van der Waals surface area contributed by atoms with E-state index in [1.165, 1.54) is 43.4 Å². The average molecular weight is 473 g/mol. The Morgan fingerprint density at radius 2 is 1.50 bits per heavy atom. The largest absolute Gasteiger partial charge is 0.313 e. The van der Waals surface area contributed by atoms with Crippen LogP contribution in [-0.4, -0.2) is 13.9 Å². The Kier molecular flexibility index (Phi) is 6.68. The molecule has 34 heavy (non-hydrogen) atoms. The normalized spacial score (nSPS) is 15.9. The number of thiazole rings is 1. The predicted molar refractivity (Wildman–Crippen MR) is 140 cm³/mol. The lowest BCUT2D eigenvalue weighted by molar-refractivity contribution is 0.369. The van der Waals surface area contributed by atoms with Crippen molar-refractivity contribution in [2.45, 2.75) is 57.9 Å². The van der Waals surface area contributed by atoms with Gasteiger partial charge in [0.2, 0.25) is 0 Å². The van der Waals surface area contributed by atoms with Crippen molar-refractivity contribution < 1.29 is 0 Å². The first-order chi connectivity index (χ1) is 16.6. The second-order valence-corrected chi connectivity index (χ2v) is 10.00. The molecule has 0 N–H and O–H groups in total. The van der Waals surface area contributed by atoms with Crippen LogP contribution >= 0.6 is 11.3 Å². The van der Waals surface area contributed by atoms with Crippen molar-refractivity contribution in [3.8, 4) is 16.9 Å². The smallest absolute Gasteiger partial charge is 0.297 e. The van der Waals surface area contributed by atoms with E-state index in [-0.39, 0.29) is 5.56 Å². The Balaban J connectivity index is 1.68. The highest BCUT2D eigenvalue weighted by Gasteiger charge is 2.21. The van der Waals surface area contributed by atoms with Crippen LogP contribution in [0.4, 0.5) is 5.69 Å². The molecule has 0 saturated heterocycles. The highest BCUT2D eigenvalue weighted by Crippen LogP contribution is 2.31. The molecule has 2 aromatic heterocycles. The van der Waals surface area contributed by atoms with E-state index in [4.69, 9.17) is 4.99 Å². The fourth-order valence-corrected chi connectivity index (χ4v) is 6.02. The van der Waals surface area contributed by atoms with Gasteiger partial charge in [-0.05, 0) is 37.5 Å². The quantitative estimate of drug-likeness (QED) is 0.333. The summed E-state index contributed by atoms with van der Waals surface area (Å²) in [6, 6.07) is 20.8. The first kappa shape index (κ1) is 22.7. The minimum absolute atomic E-state index is 0.0786. The highest BCUT2D eigenvalue weighted by atomic mass is 32.1. The van der Waals surface area contributed by atoms with Crippen LogP contribution in [0.5, 0.6) is 0 Å². The summed E-state index contributed by atoms with van der Waals surface area (Å²) in [5.41, 5.74) is 4.56. The van der Waals surface area contributed by atoms with Crippen LogP contribution in [0.15, 0.2) is 75.8 Å². The molecule has 2 aromatic carbocycles. The molecule has 1 fully saturated rings. The summed E-state index contributed by atoms with van der Waals surface area (Å²) in [5.74, 6) is 0. The zero-order valence-corrected chi connectivity index (χ0v) is 20.8. The molecule has 6 heteroatoms. The predicted octanol–water partition coefficient (Wildman–Crippen LogP) is 6.53. The van der Waals surface area contributed by atoms with E-state index in [0.717, 1.165) is 29.0 Å². The molecule has 0 aliphatic heterocycles. The van der Waals surface area contributed by atoms with Gasteiger partial charge in [-0.25, -0.2) is 9.67 Å². The molecule has 0 amide bonds. The van der Waals surface area contributed by atoms with Gasteiger partial charge in [0.1, 0.15) is 0 Å². The van der Waals surface area contributed by atoms with Crippen molar-refractivity contribution >= 4 is 17.0 Å². The minimum Gasteiger partial charge on any atom is -0.313 e. The number of benzene rings is 2. The van der Waals surface area contributed by atoms with E-state index in [9.17, 15) is 4.79 Å². The lowest BCUT2D eigenvalue weighted by atomic mass is 9.96. The van der Waals surface area contributed by atoms with Crippen LogP contribution in [0.3, 0.4) is 0 Å². The molecule has 0 radical (unpaired) electrons. The van der Waals surface area contributed by atoms with Crippen LogP contribution in [0, 0.1) is 6.92 Å². The van der Waals surface area contributed by atoms with Gasteiger partial charge in [0.25, 0.3) is 5.56 Å². The van der Waals surface area contributed by atoms with E-state index in [2.05, 4.69) is 40.3 Å². The van der Waals surface area contributed by atoms with Gasteiger partial charge in [0.15, 0.2) is 10.5 Å². The van der Waals surface area contributed by atoms with Crippen molar-refractivity contribution in [3.05, 3.63) is 86.9 Å². The molecule has 4 aromatic rings. The number of hydrogen-bond donors (Lipinski definition) is 0. The third kappa shape index (κ3) is 4.34. The Morgan fingerprint density at radius 1 is 0.882 bits per heavy atom. The van der Waals surface area contributed by atoms with Gasteiger partial charge in [-0.15, -0.1) is 11.3 Å². The molecule has 0 spiro atoms. The summed E-state index contributed by atoms with van der Waals surface area (Å²) in [5, 5.41) is 2.21. The monoisotopic (exact) mass is 472 g/mol. The summed E-state index contributed by atoms with van der Waals surface area (Å²) in [4.78, 5) is 19.5. The Bertz CT molecular complexity index is 1370. The van der Waals surface area contributed by atoms with Gasteiger partial charge >= 0.3 is 0 Å². The number of nitrogens with zero attached hydrogens (tertiary/aromatic N) is 4. The summed E-state index contributed by atoms with van der Waals surface area (Å²) in [6.07, 6.45) is 8.74. The van der Waals surface area contributed by atoms with Crippen LogP contribution in [0.1, 0.15) is 56.7 Å². The third-order valence-corrected chi connectivity index (χ3v) is 7.82. The summed E-state index contributed by atoms with van der Waals surface area (Å²) in [7, 11) is 1.93. The number of aromatic nitrogens is 3. The Morgan fingerprint density at radius 3 is 2.18 bits per heavy atom. The molecule has 1 aliphatic rings. The Labute approximate surface area is 204 Å². The average Bonchev–Trinajstić information content (AvgIpc) is 3.35. The maximum absolute atomic E-state index is 13.5. The maximum atomic E-state index is 13.5. The minimum atomic E-state index is -0.0786. The first-order valence-electron chi connectivity index (χ1n) is 12.3. The second-order valence-electron chi connectivity index (χ2n) is 9.16. The zero-order valence-electron chi connectivity index (χ0n) is 20.0. The van der Waals surface area contributed by atoms with E-state index in [0.29, 0.717) is 11.7 Å². The molecule has 0 bridgehead atoms. The lowest BCUT2D eigenvalue weighted by Gasteiger charge is -2.23. The van der Waals surface area contributed by atoms with E-state index in [1.54, 1.807) is 16.0 Å². The van der Waals surface area contributed by atoms with Crippen molar-refractivity contribution in [3.63, 3.8) is 0 Å². The number of rotatable bonds is 4. The van der Waals surface area contributed by atoms with Crippen molar-refractivity contribution in [1.82, 2.24) is 13.9 Å². The molecular weight excluding hydrogens is 440 g/mol. The highest BCUT2D eigenvalue weighted by molar-refractivity contribution is 7.07. The van der Waals surface area contributed by atoms with Crippen molar-refractivity contribution in [2.24, 2.45) is 12.0 Å². The van der Waals surface area contributed by atoms with E-state index in [1.807, 2.05) is 49.0 Å². The summed E-state index contributed by atoms with van der Waals surface area (Å²) >= 11 is 1.64. The van der Waals surface area contributed by atoms with Crippen molar-refractivity contribution in [1.29, 1.82) is 0 Å². The number of para-hydroxylation sites is 1. The molecule has 5 rings (SSSR count). The lowest BCUT2D eigenvalue weighted by Crippen LogP contribution is -2.23. The third-order valence-electron chi connectivity index (χ3n) is 6.98. The van der Waals surface area contributed by atoms with E-state index < -0.39 is 0 Å². The van der Waals surface area contributed by atoms with Crippen LogP contribution in [0.25, 0.3) is 16.9 Å². The second kappa shape index (κ2) is 10.0. The molecule has 2 heterocycles. The molecule has 1 aliphatic carbocycles. The molecule has 1 saturated carbocycles. The molecule has 5 nitrogen and oxygen atoms in total. The van der Waals surface area contributed by atoms with Gasteiger partial charge in [-0.3, -0.25) is 9.48 Å². The molecule has 176 valence electrons. The topological polar surface area (TPSA) is 44.2 Å². The zero-order chi connectivity index (χ0) is 23.5. The van der Waals surface area contributed by atoms with Crippen molar-refractivity contribution in [2.75, 3.05) is 0 Å². The standard InChI is InChI=1S/C28H32N4OS/c1-21-26(27(33)32(30(21)2)24-18-12-7-13-19-24)29-28-31(23-16-10-4-3-5-11-17-23)25(20-34-28)22-14-8-6-9-15-22/h6-9,12-15,18-20,23H,3-5,10-11,16-17H2,1-2H3. The van der Waals surface area contributed by atoms with Gasteiger partial charge < -0.3 is 4.57 Å². The molecule has 0 atom stereocenters. The van der Waals surface area contributed by atoms with Gasteiger partial charge in [0, 0.05) is 18.5 Å². The fraction of sp³-hybridized carbons (Fsp3) is 0.357. The molecular formula is C28H32N4OS. The van der Waals surface area contributed by atoms with Gasteiger partial charge in [0.05, 0.1) is 17.1 Å². The van der Waals surface area contributed by atoms with Crippen LogP contribution < -0.4 is 10.4 Å². The number of hydrogen-bond acceptors (Lipinski definition) is 3. The van der Waals surface area contributed by atoms with Gasteiger partial charge in [-0.2, -0.15) is 0 Å². The first-order valence-corrected chi connectivity index (χ1v) is 13.2. The summed E-state index contributed by atoms with van der Waals surface area (Å²) in [6.45, 7) is 1.98. The van der Waals surface area contributed by atoms with Gasteiger partial charge in [-0.1, -0.05) is 80.6 Å². The Hall–Kier alpha value is -3.12. The van der Waals surface area contributed by atoms with Crippen LogP contribution in [-0.2, 0) is 7.05 Å². The SMILES string of the molecule is Cc1c(N=c2scc(-c3ccccc3)n2C2CCCCCCC2)c(=O)n(-c2ccccc2)n1C.